The van der Waals surface area contributed by atoms with E-state index in [1.807, 2.05) is 16.4 Å². The number of rotatable bonds is 1. The van der Waals surface area contributed by atoms with Gasteiger partial charge in [-0.05, 0) is 30.8 Å². The van der Waals surface area contributed by atoms with Crippen LogP contribution in [0, 0.1) is 0 Å². The van der Waals surface area contributed by atoms with Crippen LogP contribution < -0.4 is 0 Å². The molecular formula is C11H17N3OS. The van der Waals surface area contributed by atoms with Gasteiger partial charge in [0.15, 0.2) is 5.82 Å². The van der Waals surface area contributed by atoms with Crippen LogP contribution in [0.3, 0.4) is 0 Å². The van der Waals surface area contributed by atoms with Crippen LogP contribution >= 0.6 is 11.8 Å². The standard InChI is InChI=1S/C11H17N3OS/c15-9-1-2-10-12-11(13-14(10)7-9)8-3-5-16-6-4-8/h8-9,15H,1-7H2. The number of aryl methyl sites for hydroxylation is 1. The van der Waals surface area contributed by atoms with Crippen LogP contribution in [-0.4, -0.2) is 37.5 Å². The van der Waals surface area contributed by atoms with Gasteiger partial charge >= 0.3 is 0 Å². The van der Waals surface area contributed by atoms with Gasteiger partial charge in [0.25, 0.3) is 0 Å². The van der Waals surface area contributed by atoms with E-state index in [9.17, 15) is 5.11 Å². The van der Waals surface area contributed by atoms with Crippen LogP contribution in [0.15, 0.2) is 0 Å². The third-order valence-electron chi connectivity index (χ3n) is 3.44. The molecule has 88 valence electrons. The number of hydrogen-bond donors (Lipinski definition) is 1. The minimum atomic E-state index is -0.232. The van der Waals surface area contributed by atoms with E-state index in [1.54, 1.807) is 0 Å². The first-order valence-corrected chi connectivity index (χ1v) is 7.18. The normalized spacial score (nSPS) is 26.7. The van der Waals surface area contributed by atoms with Crippen molar-refractivity contribution in [2.45, 2.75) is 44.2 Å². The average Bonchev–Trinajstić information content (AvgIpc) is 2.73. The Hall–Kier alpha value is -0.550. The summed E-state index contributed by atoms with van der Waals surface area (Å²) in [5.74, 6) is 5.10. The zero-order valence-electron chi connectivity index (χ0n) is 9.30. The van der Waals surface area contributed by atoms with E-state index in [-0.39, 0.29) is 6.10 Å². The van der Waals surface area contributed by atoms with Crippen molar-refractivity contribution in [3.8, 4) is 0 Å². The molecule has 2 aliphatic rings. The molecule has 2 aliphatic heterocycles. The fourth-order valence-corrected chi connectivity index (χ4v) is 3.55. The van der Waals surface area contributed by atoms with Gasteiger partial charge in [-0.1, -0.05) is 0 Å². The van der Waals surface area contributed by atoms with Gasteiger partial charge in [0.1, 0.15) is 5.82 Å². The topological polar surface area (TPSA) is 50.9 Å². The summed E-state index contributed by atoms with van der Waals surface area (Å²) < 4.78 is 1.91. The Morgan fingerprint density at radius 1 is 1.25 bits per heavy atom. The molecule has 1 aromatic heterocycles. The molecule has 3 rings (SSSR count). The summed E-state index contributed by atoms with van der Waals surface area (Å²) in [6.45, 7) is 0.629. The van der Waals surface area contributed by atoms with E-state index in [1.165, 1.54) is 24.3 Å². The largest absolute Gasteiger partial charge is 0.391 e. The number of fused-ring (bicyclic) bond motifs is 1. The second-order valence-electron chi connectivity index (χ2n) is 4.65. The summed E-state index contributed by atoms with van der Waals surface area (Å²) in [5, 5.41) is 14.1. The van der Waals surface area contributed by atoms with Gasteiger partial charge in [-0.3, -0.25) is 0 Å². The lowest BCUT2D eigenvalue weighted by atomic mass is 10.0. The highest BCUT2D eigenvalue weighted by molar-refractivity contribution is 7.99. The lowest BCUT2D eigenvalue weighted by molar-refractivity contribution is 0.124. The summed E-state index contributed by atoms with van der Waals surface area (Å²) in [6, 6.07) is 0. The summed E-state index contributed by atoms with van der Waals surface area (Å²) in [5.41, 5.74) is 0. The van der Waals surface area contributed by atoms with Gasteiger partial charge in [-0.2, -0.15) is 16.9 Å². The second-order valence-corrected chi connectivity index (χ2v) is 5.87. The van der Waals surface area contributed by atoms with Gasteiger partial charge in [0.2, 0.25) is 0 Å². The van der Waals surface area contributed by atoms with Crippen LogP contribution in [-0.2, 0) is 13.0 Å². The van der Waals surface area contributed by atoms with Crippen molar-refractivity contribution in [1.82, 2.24) is 14.8 Å². The Bertz CT molecular complexity index is 373. The van der Waals surface area contributed by atoms with Crippen molar-refractivity contribution < 1.29 is 5.11 Å². The lowest BCUT2D eigenvalue weighted by Gasteiger charge is -2.18. The molecule has 1 atom stereocenters. The molecule has 0 spiro atoms. The zero-order valence-corrected chi connectivity index (χ0v) is 10.1. The van der Waals surface area contributed by atoms with E-state index in [0.717, 1.165) is 24.5 Å². The van der Waals surface area contributed by atoms with Crippen molar-refractivity contribution in [2.75, 3.05) is 11.5 Å². The monoisotopic (exact) mass is 239 g/mol. The molecule has 4 nitrogen and oxygen atoms in total. The minimum Gasteiger partial charge on any atom is -0.391 e. The second kappa shape index (κ2) is 4.37. The summed E-state index contributed by atoms with van der Waals surface area (Å²) >= 11 is 2.03. The molecule has 1 saturated heterocycles. The van der Waals surface area contributed by atoms with Crippen molar-refractivity contribution in [3.05, 3.63) is 11.6 Å². The van der Waals surface area contributed by atoms with Crippen molar-refractivity contribution in [3.63, 3.8) is 0 Å². The third kappa shape index (κ3) is 1.98. The number of nitrogens with zero attached hydrogens (tertiary/aromatic N) is 3. The maximum atomic E-state index is 9.58. The van der Waals surface area contributed by atoms with Crippen LogP contribution in [0.4, 0.5) is 0 Å². The summed E-state index contributed by atoms with van der Waals surface area (Å²) in [7, 11) is 0. The molecule has 0 saturated carbocycles. The predicted molar refractivity (Wildman–Crippen MR) is 63.6 cm³/mol. The van der Waals surface area contributed by atoms with Crippen molar-refractivity contribution in [2.24, 2.45) is 0 Å². The lowest BCUT2D eigenvalue weighted by Crippen LogP contribution is -2.25. The number of aromatic nitrogens is 3. The first-order chi connectivity index (χ1) is 7.83. The first kappa shape index (κ1) is 10.6. The highest BCUT2D eigenvalue weighted by atomic mass is 32.2. The quantitative estimate of drug-likeness (QED) is 0.800. The van der Waals surface area contributed by atoms with E-state index >= 15 is 0 Å². The first-order valence-electron chi connectivity index (χ1n) is 6.02. The Balaban J connectivity index is 1.80. The van der Waals surface area contributed by atoms with Crippen LogP contribution in [0.5, 0.6) is 0 Å². The number of hydrogen-bond acceptors (Lipinski definition) is 4. The van der Waals surface area contributed by atoms with Gasteiger partial charge in [0.05, 0.1) is 12.6 Å². The molecule has 0 radical (unpaired) electrons. The molecule has 1 aromatic rings. The Morgan fingerprint density at radius 3 is 2.88 bits per heavy atom. The highest BCUT2D eigenvalue weighted by Gasteiger charge is 2.24. The van der Waals surface area contributed by atoms with E-state index in [2.05, 4.69) is 10.1 Å². The van der Waals surface area contributed by atoms with Crippen molar-refractivity contribution in [1.29, 1.82) is 0 Å². The molecule has 0 amide bonds. The van der Waals surface area contributed by atoms with E-state index in [0.29, 0.717) is 12.5 Å². The molecule has 1 unspecified atom stereocenters. The average molecular weight is 239 g/mol. The molecule has 1 N–H and O–H groups in total. The van der Waals surface area contributed by atoms with Gasteiger partial charge in [-0.25, -0.2) is 9.67 Å². The fraction of sp³-hybridized carbons (Fsp3) is 0.818. The van der Waals surface area contributed by atoms with Gasteiger partial charge in [-0.15, -0.1) is 0 Å². The minimum absolute atomic E-state index is 0.232. The van der Waals surface area contributed by atoms with E-state index in [4.69, 9.17) is 0 Å². The Morgan fingerprint density at radius 2 is 2.06 bits per heavy atom. The molecule has 0 aromatic carbocycles. The maximum Gasteiger partial charge on any atom is 0.154 e. The number of aliphatic hydroxyl groups excluding tert-OH is 1. The van der Waals surface area contributed by atoms with Crippen LogP contribution in [0.1, 0.15) is 36.8 Å². The number of thioether (sulfide) groups is 1. The van der Waals surface area contributed by atoms with Crippen LogP contribution in [0.2, 0.25) is 0 Å². The van der Waals surface area contributed by atoms with E-state index < -0.39 is 0 Å². The number of aliphatic hydroxyl groups is 1. The zero-order chi connectivity index (χ0) is 11.0. The molecule has 1 fully saturated rings. The smallest absolute Gasteiger partial charge is 0.154 e. The van der Waals surface area contributed by atoms with Crippen LogP contribution in [0.25, 0.3) is 0 Å². The molecular weight excluding hydrogens is 222 g/mol. The molecule has 5 heteroatoms. The Kier molecular flexibility index (Phi) is 2.90. The fourth-order valence-electron chi connectivity index (χ4n) is 2.44. The highest BCUT2D eigenvalue weighted by Crippen LogP contribution is 2.30. The third-order valence-corrected chi connectivity index (χ3v) is 4.48. The molecule has 3 heterocycles. The Labute approximate surface area is 99.4 Å². The van der Waals surface area contributed by atoms with Crippen molar-refractivity contribution >= 4 is 11.8 Å². The van der Waals surface area contributed by atoms with Gasteiger partial charge < -0.3 is 5.11 Å². The molecule has 0 bridgehead atoms. The van der Waals surface area contributed by atoms with Gasteiger partial charge in [0, 0.05) is 12.3 Å². The molecule has 16 heavy (non-hydrogen) atoms. The summed E-state index contributed by atoms with van der Waals surface area (Å²) in [6.07, 6.45) is 3.88. The summed E-state index contributed by atoms with van der Waals surface area (Å²) in [4.78, 5) is 4.64. The predicted octanol–water partition coefficient (Wildman–Crippen LogP) is 1.20. The maximum absolute atomic E-state index is 9.58. The molecule has 0 aliphatic carbocycles. The SMILES string of the molecule is OC1CCc2nc(C3CCSCC3)nn2C1.